The molecule has 0 radical (unpaired) electrons. The number of hydrogen-bond donors (Lipinski definition) is 0. The van der Waals surface area contributed by atoms with Crippen molar-refractivity contribution < 1.29 is 21.1 Å². The zero-order valence-corrected chi connectivity index (χ0v) is 19.0. The minimum Gasteiger partial charge on any atom is -0.232 e. The standard InChI is InChI=1S/C24H20N4.Pt/c1-23(2)17-9-5-7-15(11-17)16-8-6-10-18(12-16)24(3,4)20-14-26-22(28-20)21-25-13-19(23)27-21;/h5-10,13-14H,1-4H3;/q-2;+2/b22-21-;. The summed E-state index contributed by atoms with van der Waals surface area (Å²) >= 11 is 0. The summed E-state index contributed by atoms with van der Waals surface area (Å²) in [5.74, 6) is 1.13. The molecule has 0 fully saturated rings. The fourth-order valence-electron chi connectivity index (χ4n) is 3.66. The Hall–Kier alpha value is -2.45. The molecule has 146 valence electrons. The van der Waals surface area contributed by atoms with E-state index in [0.717, 1.165) is 33.7 Å². The molecule has 0 N–H and O–H groups in total. The predicted octanol–water partition coefficient (Wildman–Crippen LogP) is 4.70. The van der Waals surface area contributed by atoms with Gasteiger partial charge < -0.3 is 0 Å². The van der Waals surface area contributed by atoms with Crippen LogP contribution in [0.4, 0.5) is 0 Å². The van der Waals surface area contributed by atoms with E-state index in [1.165, 1.54) is 0 Å². The average Bonchev–Trinajstić information content (AvgIpc) is 3.37. The summed E-state index contributed by atoms with van der Waals surface area (Å²) in [5, 5.41) is 0. The SMILES string of the molecule is CC1(C)C2=N/C(=C3/N=CC(=N3)C(C)(C)c3[c-]c(ccc3)-c3[c-]c1ccc3)N=C2.[Pt+2]. The minimum absolute atomic E-state index is 0. The predicted molar refractivity (Wildman–Crippen MR) is 114 cm³/mol. The van der Waals surface area contributed by atoms with Crippen molar-refractivity contribution in [2.75, 3.05) is 0 Å². The van der Waals surface area contributed by atoms with Crippen LogP contribution in [-0.4, -0.2) is 23.9 Å². The molecule has 29 heavy (non-hydrogen) atoms. The second-order valence-corrected chi connectivity index (χ2v) is 8.36. The number of fused-ring (bicyclic) bond motifs is 7. The second kappa shape index (κ2) is 6.81. The number of nitrogens with zero attached hydrogens (tertiary/aromatic N) is 4. The van der Waals surface area contributed by atoms with E-state index in [1.807, 2.05) is 12.4 Å². The van der Waals surface area contributed by atoms with E-state index in [1.54, 1.807) is 0 Å². The molecule has 2 aromatic carbocycles. The Bertz CT molecular complexity index is 1070. The molecule has 0 saturated heterocycles. The van der Waals surface area contributed by atoms with Gasteiger partial charge >= 0.3 is 21.1 Å². The van der Waals surface area contributed by atoms with Crippen LogP contribution in [-0.2, 0) is 31.9 Å². The Balaban J connectivity index is 0.00000205. The van der Waals surface area contributed by atoms with Gasteiger partial charge in [-0.1, -0.05) is 27.7 Å². The van der Waals surface area contributed by atoms with E-state index < -0.39 is 0 Å². The maximum atomic E-state index is 4.76. The van der Waals surface area contributed by atoms with Gasteiger partial charge in [0.2, 0.25) is 0 Å². The van der Waals surface area contributed by atoms with Crippen LogP contribution in [0, 0.1) is 12.1 Å². The van der Waals surface area contributed by atoms with Crippen LogP contribution < -0.4 is 0 Å². The molecule has 2 aromatic rings. The summed E-state index contributed by atoms with van der Waals surface area (Å²) in [5.41, 5.74) is 5.28. The Morgan fingerprint density at radius 3 is 1.48 bits per heavy atom. The van der Waals surface area contributed by atoms with Crippen LogP contribution >= 0.6 is 0 Å². The fourth-order valence-corrected chi connectivity index (χ4v) is 3.66. The van der Waals surface area contributed by atoms with Gasteiger partial charge in [-0.3, -0.25) is 0 Å². The molecule has 0 aromatic heterocycles. The third kappa shape index (κ3) is 3.10. The van der Waals surface area contributed by atoms with Crippen molar-refractivity contribution in [3.05, 3.63) is 71.3 Å². The maximum Gasteiger partial charge on any atom is 2.00 e. The molecule has 4 nitrogen and oxygen atoms in total. The zero-order chi connectivity index (χ0) is 19.5. The molecule has 0 saturated carbocycles. The smallest absolute Gasteiger partial charge is 0.232 e. The molecule has 5 heteroatoms. The Labute approximate surface area is 185 Å². The number of rotatable bonds is 0. The third-order valence-electron chi connectivity index (χ3n) is 5.78. The summed E-state index contributed by atoms with van der Waals surface area (Å²) in [4.78, 5) is 18.5. The van der Waals surface area contributed by atoms with Crippen LogP contribution in [0.1, 0.15) is 38.8 Å². The van der Waals surface area contributed by atoms with E-state index in [-0.39, 0.29) is 31.9 Å². The molecule has 0 atom stereocenters. The van der Waals surface area contributed by atoms with Crippen molar-refractivity contribution in [3.8, 4) is 11.1 Å². The molecular formula is C24H20N4Pt. The molecule has 0 amide bonds. The van der Waals surface area contributed by atoms with E-state index in [4.69, 9.17) is 9.98 Å². The molecule has 0 spiro atoms. The van der Waals surface area contributed by atoms with Crippen molar-refractivity contribution in [2.45, 2.75) is 38.5 Å². The number of benzene rings is 2. The van der Waals surface area contributed by atoms with Gasteiger partial charge in [0.05, 0.1) is 23.9 Å². The summed E-state index contributed by atoms with van der Waals surface area (Å²) in [7, 11) is 0. The van der Waals surface area contributed by atoms with Gasteiger partial charge in [0.25, 0.3) is 0 Å². The average molecular weight is 560 g/mol. The monoisotopic (exact) mass is 559 g/mol. The molecule has 3 aliphatic rings. The fraction of sp³-hybridized carbons (Fsp3) is 0.250. The normalized spacial score (nSPS) is 22.5. The first-order chi connectivity index (χ1) is 13.4. The Morgan fingerprint density at radius 2 is 1.07 bits per heavy atom. The summed E-state index contributed by atoms with van der Waals surface area (Å²) in [6.45, 7) is 8.57. The quantitative estimate of drug-likeness (QED) is 0.421. The summed E-state index contributed by atoms with van der Waals surface area (Å²) < 4.78 is 0. The Kier molecular flexibility index (Phi) is 4.66. The Morgan fingerprint density at radius 1 is 0.655 bits per heavy atom. The van der Waals surface area contributed by atoms with Crippen molar-refractivity contribution in [3.63, 3.8) is 0 Å². The van der Waals surface area contributed by atoms with Gasteiger partial charge in [-0.2, -0.15) is 36.4 Å². The third-order valence-corrected chi connectivity index (χ3v) is 5.78. The van der Waals surface area contributed by atoms with Crippen LogP contribution in [0.2, 0.25) is 0 Å². The topological polar surface area (TPSA) is 49.4 Å². The zero-order valence-electron chi connectivity index (χ0n) is 16.7. The van der Waals surface area contributed by atoms with E-state index in [2.05, 4.69) is 86.2 Å². The largest absolute Gasteiger partial charge is 2.00 e. The minimum atomic E-state index is -0.336. The molecular weight excluding hydrogens is 539 g/mol. The van der Waals surface area contributed by atoms with Gasteiger partial charge in [0, 0.05) is 10.8 Å². The summed E-state index contributed by atoms with van der Waals surface area (Å²) in [6, 6.07) is 19.7. The molecule has 0 unspecified atom stereocenters. The van der Waals surface area contributed by atoms with Gasteiger partial charge in [-0.15, -0.1) is 23.3 Å². The van der Waals surface area contributed by atoms with Crippen molar-refractivity contribution >= 4 is 23.9 Å². The van der Waals surface area contributed by atoms with E-state index >= 15 is 0 Å². The first-order valence-corrected chi connectivity index (χ1v) is 9.42. The molecule has 3 heterocycles. The van der Waals surface area contributed by atoms with Crippen molar-refractivity contribution in [1.29, 1.82) is 0 Å². The molecule has 8 bridgehead atoms. The molecule has 0 aliphatic carbocycles. The summed E-state index contributed by atoms with van der Waals surface area (Å²) in [6.07, 6.45) is 3.64. The van der Waals surface area contributed by atoms with E-state index in [9.17, 15) is 0 Å². The van der Waals surface area contributed by atoms with Crippen molar-refractivity contribution in [2.24, 2.45) is 20.0 Å². The first-order valence-electron chi connectivity index (χ1n) is 9.42. The maximum absolute atomic E-state index is 4.76. The van der Waals surface area contributed by atoms with Gasteiger partial charge in [-0.05, 0) is 0 Å². The van der Waals surface area contributed by atoms with Crippen LogP contribution in [0.5, 0.6) is 0 Å². The van der Waals surface area contributed by atoms with Crippen molar-refractivity contribution in [1.82, 2.24) is 0 Å². The molecule has 3 aliphatic heterocycles. The van der Waals surface area contributed by atoms with Crippen LogP contribution in [0.15, 0.2) is 68.0 Å². The van der Waals surface area contributed by atoms with E-state index in [0.29, 0.717) is 11.6 Å². The number of aliphatic imine (C=N–C) groups is 4. The van der Waals surface area contributed by atoms with Crippen LogP contribution in [0.25, 0.3) is 11.1 Å². The van der Waals surface area contributed by atoms with Crippen LogP contribution in [0.3, 0.4) is 0 Å². The van der Waals surface area contributed by atoms with Gasteiger partial charge in [0.15, 0.2) is 11.6 Å². The second-order valence-electron chi connectivity index (χ2n) is 8.36. The van der Waals surface area contributed by atoms with Gasteiger partial charge in [0.1, 0.15) is 0 Å². The first kappa shape index (κ1) is 19.8. The van der Waals surface area contributed by atoms with Gasteiger partial charge in [-0.25, -0.2) is 31.1 Å². The number of hydrogen-bond acceptors (Lipinski definition) is 4. The molecule has 5 rings (SSSR count).